The van der Waals surface area contributed by atoms with Crippen LogP contribution in [0.25, 0.3) is 0 Å². The van der Waals surface area contributed by atoms with Crippen molar-refractivity contribution in [1.82, 2.24) is 19.8 Å². The van der Waals surface area contributed by atoms with E-state index in [1.165, 1.54) is 12.1 Å². The molecule has 0 spiro atoms. The summed E-state index contributed by atoms with van der Waals surface area (Å²) in [7, 11) is 3.68. The quantitative estimate of drug-likeness (QED) is 0.717. The summed E-state index contributed by atoms with van der Waals surface area (Å²) in [6, 6.07) is 6.36. The molecule has 2 aliphatic rings. The first-order valence-electron chi connectivity index (χ1n) is 11.2. The number of hydrogen-bond donors (Lipinski definition) is 0. The SMILES string of the molecule is Cc1nc(C2CCN(C(=O)CN(C)Cc3ccc(F)cc3)CC2)nc2c1CCC(=O)N2C. The van der Waals surface area contributed by atoms with Gasteiger partial charge < -0.3 is 4.90 Å². The summed E-state index contributed by atoms with van der Waals surface area (Å²) in [5.41, 5.74) is 2.99. The molecule has 3 heterocycles. The smallest absolute Gasteiger partial charge is 0.236 e. The number of aryl methyl sites for hydroxylation is 1. The molecule has 4 rings (SSSR count). The number of hydrogen-bond acceptors (Lipinski definition) is 5. The minimum atomic E-state index is -0.258. The van der Waals surface area contributed by atoms with Crippen LogP contribution < -0.4 is 4.90 Å². The summed E-state index contributed by atoms with van der Waals surface area (Å²) in [4.78, 5) is 39.9. The molecule has 1 saturated heterocycles. The van der Waals surface area contributed by atoms with Crippen LogP contribution >= 0.6 is 0 Å². The summed E-state index contributed by atoms with van der Waals surface area (Å²) < 4.78 is 13.1. The molecule has 1 aromatic carbocycles. The lowest BCUT2D eigenvalue weighted by atomic mass is 9.95. The van der Waals surface area contributed by atoms with Crippen molar-refractivity contribution in [1.29, 1.82) is 0 Å². The first-order valence-corrected chi connectivity index (χ1v) is 11.2. The summed E-state index contributed by atoms with van der Waals surface area (Å²) in [5, 5.41) is 0. The molecular weight excluding hydrogens is 409 g/mol. The van der Waals surface area contributed by atoms with Gasteiger partial charge in [0.1, 0.15) is 17.5 Å². The molecule has 1 aromatic heterocycles. The van der Waals surface area contributed by atoms with Crippen LogP contribution in [-0.4, -0.2) is 65.3 Å². The zero-order valence-electron chi connectivity index (χ0n) is 19.0. The van der Waals surface area contributed by atoms with Crippen molar-refractivity contribution < 1.29 is 14.0 Å². The van der Waals surface area contributed by atoms with Crippen molar-refractivity contribution in [3.05, 3.63) is 52.7 Å². The third-order valence-electron chi connectivity index (χ3n) is 6.47. The van der Waals surface area contributed by atoms with Gasteiger partial charge in [0.15, 0.2) is 0 Å². The number of anilines is 1. The van der Waals surface area contributed by atoms with Gasteiger partial charge in [-0.1, -0.05) is 12.1 Å². The summed E-state index contributed by atoms with van der Waals surface area (Å²) in [6.07, 6.45) is 2.82. The molecule has 0 radical (unpaired) electrons. The van der Waals surface area contributed by atoms with E-state index in [0.717, 1.165) is 41.3 Å². The fourth-order valence-corrected chi connectivity index (χ4v) is 4.55. The molecule has 7 nitrogen and oxygen atoms in total. The maximum Gasteiger partial charge on any atom is 0.236 e. The Morgan fingerprint density at radius 2 is 1.84 bits per heavy atom. The van der Waals surface area contributed by atoms with E-state index >= 15 is 0 Å². The molecule has 2 amide bonds. The zero-order valence-corrected chi connectivity index (χ0v) is 19.0. The highest BCUT2D eigenvalue weighted by molar-refractivity contribution is 5.94. The van der Waals surface area contributed by atoms with E-state index < -0.39 is 0 Å². The number of piperidine rings is 1. The molecule has 8 heteroatoms. The van der Waals surface area contributed by atoms with E-state index in [1.54, 1.807) is 24.1 Å². The number of nitrogens with zero attached hydrogens (tertiary/aromatic N) is 5. The second-order valence-corrected chi connectivity index (χ2v) is 8.88. The van der Waals surface area contributed by atoms with Crippen LogP contribution in [-0.2, 0) is 22.6 Å². The largest absolute Gasteiger partial charge is 0.342 e. The molecule has 0 aliphatic carbocycles. The normalized spacial score (nSPS) is 17.1. The lowest BCUT2D eigenvalue weighted by Crippen LogP contribution is -2.43. The lowest BCUT2D eigenvalue weighted by molar-refractivity contribution is -0.133. The fourth-order valence-electron chi connectivity index (χ4n) is 4.55. The highest BCUT2D eigenvalue weighted by Gasteiger charge is 2.30. The second-order valence-electron chi connectivity index (χ2n) is 8.88. The molecule has 32 heavy (non-hydrogen) atoms. The number of likely N-dealkylation sites (tertiary alicyclic amines) is 1. The van der Waals surface area contributed by atoms with Gasteiger partial charge in [-0.25, -0.2) is 14.4 Å². The summed E-state index contributed by atoms with van der Waals surface area (Å²) in [5.74, 6) is 1.64. The van der Waals surface area contributed by atoms with Gasteiger partial charge in [0.2, 0.25) is 11.8 Å². The Bertz CT molecular complexity index is 1000. The number of fused-ring (bicyclic) bond motifs is 1. The average Bonchev–Trinajstić information content (AvgIpc) is 2.78. The van der Waals surface area contributed by atoms with E-state index in [9.17, 15) is 14.0 Å². The number of rotatable bonds is 5. The molecule has 0 unspecified atom stereocenters. The monoisotopic (exact) mass is 439 g/mol. The van der Waals surface area contributed by atoms with Gasteiger partial charge in [-0.3, -0.25) is 19.4 Å². The maximum absolute atomic E-state index is 13.1. The Morgan fingerprint density at radius 3 is 2.53 bits per heavy atom. The van der Waals surface area contributed by atoms with Gasteiger partial charge in [-0.2, -0.15) is 0 Å². The molecule has 2 aliphatic heterocycles. The van der Waals surface area contributed by atoms with E-state index in [-0.39, 0.29) is 23.5 Å². The van der Waals surface area contributed by atoms with E-state index in [2.05, 4.69) is 0 Å². The number of carbonyl (C=O) groups is 2. The minimum Gasteiger partial charge on any atom is -0.342 e. The van der Waals surface area contributed by atoms with Gasteiger partial charge in [-0.05, 0) is 50.9 Å². The Morgan fingerprint density at radius 1 is 1.16 bits per heavy atom. The van der Waals surface area contributed by atoms with Crippen molar-refractivity contribution in [3.63, 3.8) is 0 Å². The van der Waals surface area contributed by atoms with Gasteiger partial charge in [-0.15, -0.1) is 0 Å². The first kappa shape index (κ1) is 22.3. The minimum absolute atomic E-state index is 0.0896. The molecule has 0 atom stereocenters. The number of halogens is 1. The van der Waals surface area contributed by atoms with Crippen molar-refractivity contribution in [2.75, 3.05) is 38.6 Å². The summed E-state index contributed by atoms with van der Waals surface area (Å²) >= 11 is 0. The highest BCUT2D eigenvalue weighted by Crippen LogP contribution is 2.31. The Labute approximate surface area is 188 Å². The van der Waals surface area contributed by atoms with Crippen molar-refractivity contribution in [2.45, 2.75) is 45.1 Å². The number of likely N-dealkylation sites (N-methyl/N-ethyl adjacent to an activating group) is 1. The second kappa shape index (κ2) is 9.32. The van der Waals surface area contributed by atoms with Crippen LogP contribution in [0.2, 0.25) is 0 Å². The van der Waals surface area contributed by atoms with Crippen LogP contribution in [0.4, 0.5) is 10.2 Å². The van der Waals surface area contributed by atoms with Crippen molar-refractivity contribution >= 4 is 17.6 Å². The van der Waals surface area contributed by atoms with Gasteiger partial charge in [0.05, 0.1) is 6.54 Å². The first-order chi connectivity index (χ1) is 15.3. The molecule has 0 bridgehead atoms. The van der Waals surface area contributed by atoms with Crippen LogP contribution in [0.15, 0.2) is 24.3 Å². The average molecular weight is 440 g/mol. The van der Waals surface area contributed by atoms with Gasteiger partial charge >= 0.3 is 0 Å². The third kappa shape index (κ3) is 4.80. The molecule has 2 aromatic rings. The predicted octanol–water partition coefficient (Wildman–Crippen LogP) is 2.67. The van der Waals surface area contributed by atoms with Crippen molar-refractivity contribution in [3.8, 4) is 0 Å². The molecular formula is C24H30FN5O2. The number of aromatic nitrogens is 2. The number of amides is 2. The standard InChI is InChI=1S/C24H30FN5O2/c1-16-20-8-9-21(31)29(3)24(20)27-23(26-16)18-10-12-30(13-11-18)22(32)15-28(2)14-17-4-6-19(25)7-5-17/h4-7,18H,8-15H2,1-3H3. The summed E-state index contributed by atoms with van der Waals surface area (Å²) in [6.45, 7) is 4.24. The Hall–Kier alpha value is -2.87. The molecule has 0 saturated carbocycles. The highest BCUT2D eigenvalue weighted by atomic mass is 19.1. The van der Waals surface area contributed by atoms with E-state index in [0.29, 0.717) is 39.0 Å². The van der Waals surface area contributed by atoms with Crippen LogP contribution in [0, 0.1) is 12.7 Å². The third-order valence-corrected chi connectivity index (χ3v) is 6.47. The van der Waals surface area contributed by atoms with Crippen molar-refractivity contribution in [2.24, 2.45) is 0 Å². The van der Waals surface area contributed by atoms with E-state index in [1.807, 2.05) is 23.8 Å². The van der Waals surface area contributed by atoms with Crippen LogP contribution in [0.1, 0.15) is 47.8 Å². The van der Waals surface area contributed by atoms with E-state index in [4.69, 9.17) is 9.97 Å². The van der Waals surface area contributed by atoms with Crippen LogP contribution in [0.5, 0.6) is 0 Å². The topological polar surface area (TPSA) is 69.6 Å². The number of carbonyl (C=O) groups excluding carboxylic acids is 2. The number of benzene rings is 1. The van der Waals surface area contributed by atoms with Gasteiger partial charge in [0.25, 0.3) is 0 Å². The van der Waals surface area contributed by atoms with Crippen LogP contribution in [0.3, 0.4) is 0 Å². The van der Waals surface area contributed by atoms with Gasteiger partial charge in [0, 0.05) is 50.3 Å². The molecule has 0 N–H and O–H groups in total. The Kier molecular flexibility index (Phi) is 6.50. The predicted molar refractivity (Wildman–Crippen MR) is 120 cm³/mol. The maximum atomic E-state index is 13.1. The lowest BCUT2D eigenvalue weighted by Gasteiger charge is -2.33. The fraction of sp³-hybridized carbons (Fsp3) is 0.500. The zero-order chi connectivity index (χ0) is 22.8. The Balaban J connectivity index is 1.34. The molecule has 1 fully saturated rings. The molecule has 170 valence electrons.